The monoisotopic (exact) mass is 226 g/mol. The standard InChI is InChI=1S/C13H26N2O/c1-10(11-8-6-5-7-9-11)14-12(16)15-13(2,3)4/h10-11H,5-9H2,1-4H3,(H2,14,15,16)/t10-/m0/s1. The second-order valence-electron chi connectivity index (χ2n) is 6.04. The van der Waals surface area contributed by atoms with Crippen LogP contribution >= 0.6 is 0 Å². The van der Waals surface area contributed by atoms with E-state index in [0.717, 1.165) is 0 Å². The van der Waals surface area contributed by atoms with Gasteiger partial charge in [0.25, 0.3) is 0 Å². The average molecular weight is 226 g/mol. The molecule has 2 N–H and O–H groups in total. The van der Waals surface area contributed by atoms with Crippen molar-refractivity contribution < 1.29 is 4.79 Å². The summed E-state index contributed by atoms with van der Waals surface area (Å²) in [6, 6.07) is 0.258. The highest BCUT2D eigenvalue weighted by Gasteiger charge is 2.22. The van der Waals surface area contributed by atoms with E-state index in [0.29, 0.717) is 12.0 Å². The van der Waals surface area contributed by atoms with E-state index in [9.17, 15) is 4.79 Å². The third-order valence-corrected chi connectivity index (χ3v) is 3.20. The Balaban J connectivity index is 2.32. The van der Waals surface area contributed by atoms with Gasteiger partial charge in [-0.05, 0) is 46.5 Å². The largest absolute Gasteiger partial charge is 0.335 e. The van der Waals surface area contributed by atoms with Crippen LogP contribution in [-0.2, 0) is 0 Å². The van der Waals surface area contributed by atoms with Crippen LogP contribution in [-0.4, -0.2) is 17.6 Å². The molecule has 0 unspecified atom stereocenters. The Labute approximate surface area is 99.4 Å². The van der Waals surface area contributed by atoms with Gasteiger partial charge in [0.1, 0.15) is 0 Å². The molecule has 3 nitrogen and oxygen atoms in total. The van der Waals surface area contributed by atoms with Crippen LogP contribution in [0.4, 0.5) is 4.79 Å². The Kier molecular flexibility index (Phi) is 4.63. The molecule has 0 aromatic rings. The smallest absolute Gasteiger partial charge is 0.315 e. The van der Waals surface area contributed by atoms with Gasteiger partial charge in [0.15, 0.2) is 0 Å². The van der Waals surface area contributed by atoms with Gasteiger partial charge < -0.3 is 10.6 Å². The molecule has 0 aliphatic heterocycles. The van der Waals surface area contributed by atoms with Gasteiger partial charge in [0.05, 0.1) is 0 Å². The number of carbonyl (C=O) groups excluding carboxylic acids is 1. The number of urea groups is 1. The summed E-state index contributed by atoms with van der Waals surface area (Å²) >= 11 is 0. The lowest BCUT2D eigenvalue weighted by Gasteiger charge is -2.29. The van der Waals surface area contributed by atoms with E-state index in [-0.39, 0.29) is 11.6 Å². The topological polar surface area (TPSA) is 41.1 Å². The normalized spacial score (nSPS) is 20.2. The van der Waals surface area contributed by atoms with Crippen LogP contribution in [0.2, 0.25) is 0 Å². The zero-order valence-electron chi connectivity index (χ0n) is 11.1. The second kappa shape index (κ2) is 5.55. The van der Waals surface area contributed by atoms with Crippen molar-refractivity contribution in [3.63, 3.8) is 0 Å². The number of hydrogen-bond acceptors (Lipinski definition) is 1. The Morgan fingerprint density at radius 1 is 1.19 bits per heavy atom. The average Bonchev–Trinajstić information content (AvgIpc) is 2.16. The Morgan fingerprint density at radius 2 is 1.75 bits per heavy atom. The zero-order valence-corrected chi connectivity index (χ0v) is 11.1. The number of amides is 2. The van der Waals surface area contributed by atoms with Crippen molar-refractivity contribution >= 4 is 6.03 Å². The lowest BCUT2D eigenvalue weighted by Crippen LogP contribution is -2.50. The SMILES string of the molecule is C[C@H](NC(=O)NC(C)(C)C)C1CCCCC1. The van der Waals surface area contributed by atoms with Gasteiger partial charge in [-0.15, -0.1) is 0 Å². The summed E-state index contributed by atoms with van der Waals surface area (Å²) in [6.07, 6.45) is 6.51. The predicted octanol–water partition coefficient (Wildman–Crippen LogP) is 3.05. The van der Waals surface area contributed by atoms with E-state index in [1.165, 1.54) is 32.1 Å². The molecule has 16 heavy (non-hydrogen) atoms. The fraction of sp³-hybridized carbons (Fsp3) is 0.923. The van der Waals surface area contributed by atoms with Gasteiger partial charge in [-0.1, -0.05) is 19.3 Å². The molecule has 0 spiro atoms. The van der Waals surface area contributed by atoms with Crippen molar-refractivity contribution in [2.45, 2.75) is 71.4 Å². The summed E-state index contributed by atoms with van der Waals surface area (Å²) in [7, 11) is 0. The predicted molar refractivity (Wildman–Crippen MR) is 67.5 cm³/mol. The highest BCUT2D eigenvalue weighted by Crippen LogP contribution is 2.26. The Hall–Kier alpha value is -0.730. The van der Waals surface area contributed by atoms with Crippen LogP contribution in [0.5, 0.6) is 0 Å². The minimum Gasteiger partial charge on any atom is -0.335 e. The van der Waals surface area contributed by atoms with Gasteiger partial charge in [-0.25, -0.2) is 4.79 Å². The Morgan fingerprint density at radius 3 is 2.25 bits per heavy atom. The summed E-state index contributed by atoms with van der Waals surface area (Å²) in [5, 5.41) is 6.00. The number of nitrogens with one attached hydrogen (secondary N) is 2. The quantitative estimate of drug-likeness (QED) is 0.746. The molecular weight excluding hydrogens is 200 g/mol. The van der Waals surface area contributed by atoms with Crippen molar-refractivity contribution in [3.05, 3.63) is 0 Å². The first-order chi connectivity index (χ1) is 7.38. The summed E-state index contributed by atoms with van der Waals surface area (Å²) in [4.78, 5) is 11.7. The maximum atomic E-state index is 11.7. The van der Waals surface area contributed by atoms with Crippen molar-refractivity contribution in [3.8, 4) is 0 Å². The number of hydrogen-bond donors (Lipinski definition) is 2. The number of carbonyl (C=O) groups is 1. The molecule has 1 atom stereocenters. The lowest BCUT2D eigenvalue weighted by molar-refractivity contribution is 0.217. The van der Waals surface area contributed by atoms with E-state index in [4.69, 9.17) is 0 Å². The highest BCUT2D eigenvalue weighted by molar-refractivity contribution is 5.74. The minimum atomic E-state index is -0.156. The molecule has 1 rings (SSSR count). The fourth-order valence-corrected chi connectivity index (χ4v) is 2.34. The molecule has 0 radical (unpaired) electrons. The fourth-order valence-electron chi connectivity index (χ4n) is 2.34. The highest BCUT2D eigenvalue weighted by atomic mass is 16.2. The van der Waals surface area contributed by atoms with E-state index in [2.05, 4.69) is 17.6 Å². The van der Waals surface area contributed by atoms with Gasteiger partial charge in [0, 0.05) is 11.6 Å². The second-order valence-corrected chi connectivity index (χ2v) is 6.04. The molecule has 2 amide bonds. The molecule has 0 aromatic heterocycles. The Bertz CT molecular complexity index is 227. The van der Waals surface area contributed by atoms with Gasteiger partial charge in [0.2, 0.25) is 0 Å². The lowest BCUT2D eigenvalue weighted by atomic mass is 9.84. The first kappa shape index (κ1) is 13.3. The van der Waals surface area contributed by atoms with E-state index < -0.39 is 0 Å². The van der Waals surface area contributed by atoms with E-state index in [1.807, 2.05) is 20.8 Å². The molecule has 1 fully saturated rings. The molecule has 0 heterocycles. The van der Waals surface area contributed by atoms with Crippen LogP contribution in [0.25, 0.3) is 0 Å². The summed E-state index contributed by atoms with van der Waals surface area (Å²) in [6.45, 7) is 8.12. The molecule has 1 saturated carbocycles. The third kappa shape index (κ3) is 4.86. The molecule has 0 saturated heterocycles. The van der Waals surface area contributed by atoms with Crippen LogP contribution in [0.1, 0.15) is 59.8 Å². The van der Waals surface area contributed by atoms with Crippen LogP contribution in [0, 0.1) is 5.92 Å². The van der Waals surface area contributed by atoms with Crippen molar-refractivity contribution in [1.29, 1.82) is 0 Å². The zero-order chi connectivity index (χ0) is 12.2. The maximum absolute atomic E-state index is 11.7. The summed E-state index contributed by atoms with van der Waals surface area (Å²) in [5.74, 6) is 0.666. The third-order valence-electron chi connectivity index (χ3n) is 3.20. The molecule has 3 heteroatoms. The van der Waals surface area contributed by atoms with Gasteiger partial charge in [-0.3, -0.25) is 0 Å². The van der Waals surface area contributed by atoms with Crippen molar-refractivity contribution in [1.82, 2.24) is 10.6 Å². The minimum absolute atomic E-state index is 0.0365. The first-order valence-electron chi connectivity index (χ1n) is 6.47. The summed E-state index contributed by atoms with van der Waals surface area (Å²) < 4.78 is 0. The molecule has 0 aromatic carbocycles. The van der Waals surface area contributed by atoms with Crippen LogP contribution in [0.3, 0.4) is 0 Å². The first-order valence-corrected chi connectivity index (χ1v) is 6.47. The van der Waals surface area contributed by atoms with Crippen molar-refractivity contribution in [2.24, 2.45) is 5.92 Å². The molecule has 0 bridgehead atoms. The summed E-state index contributed by atoms with van der Waals surface area (Å²) in [5.41, 5.74) is -0.156. The van der Waals surface area contributed by atoms with Gasteiger partial charge in [-0.2, -0.15) is 0 Å². The van der Waals surface area contributed by atoms with Crippen molar-refractivity contribution in [2.75, 3.05) is 0 Å². The molecule has 94 valence electrons. The maximum Gasteiger partial charge on any atom is 0.315 e. The molecular formula is C13H26N2O. The number of rotatable bonds is 2. The van der Waals surface area contributed by atoms with E-state index >= 15 is 0 Å². The van der Waals surface area contributed by atoms with E-state index in [1.54, 1.807) is 0 Å². The van der Waals surface area contributed by atoms with Crippen LogP contribution in [0.15, 0.2) is 0 Å². The molecule has 1 aliphatic carbocycles. The molecule has 1 aliphatic rings. The van der Waals surface area contributed by atoms with Gasteiger partial charge >= 0.3 is 6.03 Å². The van der Waals surface area contributed by atoms with Crippen LogP contribution < -0.4 is 10.6 Å².